The summed E-state index contributed by atoms with van der Waals surface area (Å²) in [6.07, 6.45) is 0. The molecule has 0 radical (unpaired) electrons. The van der Waals surface area contributed by atoms with Crippen molar-refractivity contribution < 1.29 is 0 Å². The van der Waals surface area contributed by atoms with Crippen LogP contribution in [0, 0.1) is 0 Å². The van der Waals surface area contributed by atoms with E-state index in [1.54, 1.807) is 5.01 Å². The average Bonchev–Trinajstić information content (AvgIpc) is 1.84. The normalized spacial score (nSPS) is 14.6. The van der Waals surface area contributed by atoms with Crippen molar-refractivity contribution in [2.75, 3.05) is 13.1 Å². The first-order valence-corrected chi connectivity index (χ1v) is 2.93. The second-order valence-electron chi connectivity index (χ2n) is 1.92. The van der Waals surface area contributed by atoms with Crippen LogP contribution >= 0.6 is 0 Å². The summed E-state index contributed by atoms with van der Waals surface area (Å²) in [5.41, 5.74) is 5.33. The molecule has 1 atom stereocenters. The molecule has 3 nitrogen and oxygen atoms in total. The molecule has 0 bridgehead atoms. The van der Waals surface area contributed by atoms with E-state index in [0.717, 1.165) is 6.54 Å². The maximum Gasteiger partial charge on any atom is 0.0335 e. The van der Waals surface area contributed by atoms with Crippen LogP contribution in [-0.2, 0) is 0 Å². The topological polar surface area (TPSA) is 55.3 Å². The molecule has 50 valence electrons. The maximum atomic E-state index is 5.48. The smallest absolute Gasteiger partial charge is 0.0335 e. The summed E-state index contributed by atoms with van der Waals surface area (Å²) in [6, 6.07) is 0.306. The Morgan fingerprint density at radius 1 is 1.62 bits per heavy atom. The minimum atomic E-state index is 0.306. The van der Waals surface area contributed by atoms with Gasteiger partial charge >= 0.3 is 0 Å². The highest BCUT2D eigenvalue weighted by Crippen LogP contribution is 1.85. The third kappa shape index (κ3) is 2.26. The molecule has 0 aromatic carbocycles. The van der Waals surface area contributed by atoms with Crippen molar-refractivity contribution in [2.45, 2.75) is 19.9 Å². The Labute approximate surface area is 50.6 Å². The molecule has 0 aliphatic rings. The van der Waals surface area contributed by atoms with Gasteiger partial charge in [-0.1, -0.05) is 6.92 Å². The number of hydrazine groups is 1. The van der Waals surface area contributed by atoms with Gasteiger partial charge in [-0.3, -0.25) is 5.84 Å². The summed E-state index contributed by atoms with van der Waals surface area (Å²) in [4.78, 5) is 0. The summed E-state index contributed by atoms with van der Waals surface area (Å²) in [7, 11) is 0. The Balaban J connectivity index is 3.29. The highest BCUT2D eigenvalue weighted by atomic mass is 15.4. The molecule has 0 aliphatic heterocycles. The van der Waals surface area contributed by atoms with Crippen LogP contribution in [0.4, 0.5) is 0 Å². The molecule has 8 heavy (non-hydrogen) atoms. The molecule has 0 fully saturated rings. The lowest BCUT2D eigenvalue weighted by Crippen LogP contribution is -2.43. The van der Waals surface area contributed by atoms with Crippen molar-refractivity contribution in [3.05, 3.63) is 0 Å². The molecule has 0 amide bonds. The number of likely N-dealkylation sites (N-methyl/N-ethyl adjacent to an activating group) is 1. The zero-order valence-electron chi connectivity index (χ0n) is 5.59. The van der Waals surface area contributed by atoms with Crippen molar-refractivity contribution in [3.63, 3.8) is 0 Å². The number of rotatable bonds is 3. The minimum absolute atomic E-state index is 0.306. The van der Waals surface area contributed by atoms with Crippen LogP contribution in [0.2, 0.25) is 0 Å². The third-order valence-corrected chi connectivity index (χ3v) is 1.27. The Morgan fingerprint density at radius 2 is 2.12 bits per heavy atom. The summed E-state index contributed by atoms with van der Waals surface area (Å²) in [6.45, 7) is 5.50. The lowest BCUT2D eigenvalue weighted by Gasteiger charge is -2.19. The van der Waals surface area contributed by atoms with E-state index in [2.05, 4.69) is 0 Å². The summed E-state index contributed by atoms with van der Waals surface area (Å²) in [5.74, 6) is 5.48. The fourth-order valence-corrected chi connectivity index (χ4v) is 0.447. The molecule has 3 heteroatoms. The van der Waals surface area contributed by atoms with Crippen LogP contribution in [0.25, 0.3) is 0 Å². The molecule has 0 aromatic rings. The molecule has 1 unspecified atom stereocenters. The molecule has 0 saturated carbocycles. The molecular weight excluding hydrogens is 102 g/mol. The number of hydrogen-bond donors (Lipinski definition) is 2. The van der Waals surface area contributed by atoms with Crippen LogP contribution in [-0.4, -0.2) is 24.1 Å². The van der Waals surface area contributed by atoms with Crippen molar-refractivity contribution >= 4 is 0 Å². The van der Waals surface area contributed by atoms with Gasteiger partial charge in [0.1, 0.15) is 0 Å². The van der Waals surface area contributed by atoms with Gasteiger partial charge in [-0.25, -0.2) is 5.01 Å². The van der Waals surface area contributed by atoms with E-state index in [1.165, 1.54) is 0 Å². The summed E-state index contributed by atoms with van der Waals surface area (Å²) in [5, 5.41) is 1.72. The van der Waals surface area contributed by atoms with Gasteiger partial charge in [0.15, 0.2) is 0 Å². The molecule has 0 heterocycles. The van der Waals surface area contributed by atoms with Gasteiger partial charge in [-0.2, -0.15) is 0 Å². The quantitative estimate of drug-likeness (QED) is 0.388. The van der Waals surface area contributed by atoms with E-state index in [4.69, 9.17) is 11.6 Å². The predicted molar refractivity (Wildman–Crippen MR) is 35.1 cm³/mol. The number of hydrogen-bond acceptors (Lipinski definition) is 3. The second kappa shape index (κ2) is 3.83. The Kier molecular flexibility index (Phi) is 3.77. The zero-order valence-corrected chi connectivity index (χ0v) is 5.59. The monoisotopic (exact) mass is 117 g/mol. The lowest BCUT2D eigenvalue weighted by atomic mass is 10.3. The van der Waals surface area contributed by atoms with Crippen molar-refractivity contribution in [2.24, 2.45) is 11.6 Å². The molecule has 4 N–H and O–H groups in total. The Bertz CT molecular complexity index is 47.6. The Hall–Kier alpha value is -0.120. The van der Waals surface area contributed by atoms with E-state index >= 15 is 0 Å². The first kappa shape index (κ1) is 7.88. The van der Waals surface area contributed by atoms with Crippen LogP contribution in [0.5, 0.6) is 0 Å². The molecular formula is C5H15N3. The Morgan fingerprint density at radius 3 is 2.25 bits per heavy atom. The second-order valence-corrected chi connectivity index (χ2v) is 1.92. The van der Waals surface area contributed by atoms with Crippen LogP contribution < -0.4 is 11.6 Å². The molecule has 0 aromatic heterocycles. The van der Waals surface area contributed by atoms with Gasteiger partial charge in [0.2, 0.25) is 0 Å². The zero-order chi connectivity index (χ0) is 6.57. The van der Waals surface area contributed by atoms with E-state index in [9.17, 15) is 0 Å². The molecule has 0 rings (SSSR count). The maximum absolute atomic E-state index is 5.48. The first-order chi connectivity index (χ1) is 3.72. The van der Waals surface area contributed by atoms with Gasteiger partial charge in [-0.05, 0) is 6.92 Å². The molecule has 0 spiro atoms. The van der Waals surface area contributed by atoms with Gasteiger partial charge in [-0.15, -0.1) is 0 Å². The average molecular weight is 117 g/mol. The van der Waals surface area contributed by atoms with Crippen molar-refractivity contribution in [3.8, 4) is 0 Å². The van der Waals surface area contributed by atoms with Gasteiger partial charge < -0.3 is 5.73 Å². The van der Waals surface area contributed by atoms with Crippen LogP contribution in [0.15, 0.2) is 0 Å². The van der Waals surface area contributed by atoms with Gasteiger partial charge in [0.25, 0.3) is 0 Å². The largest absolute Gasteiger partial charge is 0.329 e. The van der Waals surface area contributed by atoms with Crippen LogP contribution in [0.3, 0.4) is 0 Å². The van der Waals surface area contributed by atoms with E-state index in [0.29, 0.717) is 12.6 Å². The lowest BCUT2D eigenvalue weighted by molar-refractivity contribution is 0.231. The highest BCUT2D eigenvalue weighted by Gasteiger charge is 2.02. The molecule has 0 saturated heterocycles. The van der Waals surface area contributed by atoms with Gasteiger partial charge in [0.05, 0.1) is 0 Å². The van der Waals surface area contributed by atoms with Gasteiger partial charge in [0, 0.05) is 19.1 Å². The minimum Gasteiger partial charge on any atom is -0.329 e. The third-order valence-electron chi connectivity index (χ3n) is 1.27. The predicted octanol–water partition coefficient (Wildman–Crippen LogP) is -0.471. The SMILES string of the molecule is CCN(N)C(C)CN. The fourth-order valence-electron chi connectivity index (χ4n) is 0.447. The molecule has 0 aliphatic carbocycles. The number of nitrogens with two attached hydrogens (primary N) is 2. The summed E-state index contributed by atoms with van der Waals surface area (Å²) >= 11 is 0. The van der Waals surface area contributed by atoms with E-state index in [-0.39, 0.29) is 0 Å². The summed E-state index contributed by atoms with van der Waals surface area (Å²) < 4.78 is 0. The van der Waals surface area contributed by atoms with E-state index in [1.807, 2.05) is 13.8 Å². The number of nitrogens with zero attached hydrogens (tertiary/aromatic N) is 1. The highest BCUT2D eigenvalue weighted by molar-refractivity contribution is 4.58. The van der Waals surface area contributed by atoms with Crippen molar-refractivity contribution in [1.29, 1.82) is 0 Å². The first-order valence-electron chi connectivity index (χ1n) is 2.93. The van der Waals surface area contributed by atoms with Crippen molar-refractivity contribution in [1.82, 2.24) is 5.01 Å². The standard InChI is InChI=1S/C5H15N3/c1-3-8(7)5(2)4-6/h5H,3-4,6-7H2,1-2H3. The van der Waals surface area contributed by atoms with Crippen LogP contribution in [0.1, 0.15) is 13.8 Å². The fraction of sp³-hybridized carbons (Fsp3) is 1.00. The van der Waals surface area contributed by atoms with E-state index < -0.39 is 0 Å².